The van der Waals surface area contributed by atoms with Crippen molar-refractivity contribution in [2.75, 3.05) is 26.7 Å². The van der Waals surface area contributed by atoms with Gasteiger partial charge in [-0.05, 0) is 93.6 Å². The maximum absolute atomic E-state index is 13.7. The Labute approximate surface area is 381 Å². The third-order valence-corrected chi connectivity index (χ3v) is 10.0. The van der Waals surface area contributed by atoms with Gasteiger partial charge in [0.1, 0.15) is 58.7 Å². The smallest absolute Gasteiger partial charge is 0.410 e. The summed E-state index contributed by atoms with van der Waals surface area (Å²) in [5, 5.41) is 57.2. The van der Waals surface area contributed by atoms with Crippen LogP contribution in [0, 0.1) is 5.41 Å². The molecule has 3 aliphatic rings. The molecule has 0 unspecified atom stereocenters. The molecule has 1 saturated heterocycles. The Balaban J connectivity index is 2.09. The van der Waals surface area contributed by atoms with E-state index >= 15 is 0 Å². The zero-order chi connectivity index (χ0) is 49.6. The largest absolute Gasteiger partial charge is 0.466 e. The molecule has 0 spiro atoms. The van der Waals surface area contributed by atoms with Gasteiger partial charge in [0.05, 0.1) is 43.9 Å². The molecule has 1 saturated carbocycles. The molecule has 2 aliphatic heterocycles. The van der Waals surface area contributed by atoms with E-state index in [1.54, 1.807) is 68.4 Å². The lowest BCUT2D eigenvalue weighted by atomic mass is 9.82. The second kappa shape index (κ2) is 21.7. The van der Waals surface area contributed by atoms with Gasteiger partial charge >= 0.3 is 18.3 Å². The van der Waals surface area contributed by atoms with Crippen molar-refractivity contribution in [2.24, 2.45) is 11.1 Å². The molecule has 22 heteroatoms. The van der Waals surface area contributed by atoms with Gasteiger partial charge in [-0.1, -0.05) is 20.8 Å². The topological polar surface area (TPSA) is 308 Å². The molecule has 0 radical (unpaired) electrons. The fourth-order valence-electron chi connectivity index (χ4n) is 7.41. The second-order valence-electron chi connectivity index (χ2n) is 21.3. The number of nitrogens with two attached hydrogens (primary N) is 1. The van der Waals surface area contributed by atoms with E-state index in [-0.39, 0.29) is 37.1 Å². The molecule has 2 heterocycles. The number of aliphatic hydroxyl groups is 4. The molecule has 12 atom stereocenters. The summed E-state index contributed by atoms with van der Waals surface area (Å²) >= 11 is 0. The third-order valence-electron chi connectivity index (χ3n) is 10.0. The summed E-state index contributed by atoms with van der Waals surface area (Å²) in [5.74, 6) is -1.05. The van der Waals surface area contributed by atoms with E-state index in [4.69, 9.17) is 38.9 Å². The molecule has 2 fully saturated rings. The minimum absolute atomic E-state index is 0.0418. The average molecular weight is 933 g/mol. The first-order valence-corrected chi connectivity index (χ1v) is 21.9. The zero-order valence-corrected chi connectivity index (χ0v) is 40.4. The van der Waals surface area contributed by atoms with E-state index in [0.717, 1.165) is 4.90 Å². The highest BCUT2D eigenvalue weighted by Gasteiger charge is 2.55. The fraction of sp³-hybridized carbons (Fsp3) is 0.837. The van der Waals surface area contributed by atoms with Crippen LogP contribution in [-0.4, -0.2) is 172 Å². The fourth-order valence-corrected chi connectivity index (χ4v) is 7.41. The Hall–Kier alpha value is -4.03. The van der Waals surface area contributed by atoms with Gasteiger partial charge in [0.15, 0.2) is 6.29 Å². The van der Waals surface area contributed by atoms with E-state index in [1.165, 1.54) is 14.0 Å². The molecule has 0 bridgehead atoms. The monoisotopic (exact) mass is 933 g/mol. The molecule has 0 aromatic carbocycles. The predicted molar refractivity (Wildman–Crippen MR) is 232 cm³/mol. The normalized spacial score (nSPS) is 30.4. The summed E-state index contributed by atoms with van der Waals surface area (Å²) in [7, 11) is 1.31. The van der Waals surface area contributed by atoms with Crippen molar-refractivity contribution in [1.82, 2.24) is 26.2 Å². The standard InChI is InChI=1S/C43H76N6O16/c1-39(2,3)18-27(51)46-23-16-15-22(19-44)60-34(23)61-31-25(48-37(56)64-41(7,8)9)17-24(47-33(54)26(50)20-45-36(55)63-40(4,5)6)30(28(31)52)62-35-29(53)32(43(13,58)21-59-35)49(14)38(57)65-42(10,11)12/h15,23-26,28-32,34-35,50,52-53,58H,16-21,44H2,1-14H3,(H,45,55)(H,46,51)(H,47,54)(H,48,56)/t23-,24-,25+,26+,28-,29-,30+,31-,32-,34-,35-,43+/m1/s1. The van der Waals surface area contributed by atoms with Crippen LogP contribution in [0.5, 0.6) is 0 Å². The average Bonchev–Trinajstić information content (AvgIpc) is 3.11. The Bertz CT molecular complexity index is 1680. The van der Waals surface area contributed by atoms with Crippen LogP contribution < -0.4 is 27.0 Å². The van der Waals surface area contributed by atoms with Gasteiger partial charge in [0.25, 0.3) is 5.91 Å². The molecule has 5 amide bonds. The number of likely N-dealkylation sites (N-methyl/N-ethyl adjacent to an activating group) is 1. The van der Waals surface area contributed by atoms with E-state index in [9.17, 15) is 44.4 Å². The third kappa shape index (κ3) is 17.3. The number of nitrogens with zero attached hydrogens (tertiary/aromatic N) is 1. The maximum Gasteiger partial charge on any atom is 0.410 e. The van der Waals surface area contributed by atoms with Gasteiger partial charge in [-0.15, -0.1) is 0 Å². The minimum atomic E-state index is -1.88. The number of alkyl carbamates (subject to hydrolysis) is 2. The van der Waals surface area contributed by atoms with Crippen molar-refractivity contribution < 1.29 is 77.6 Å². The summed E-state index contributed by atoms with van der Waals surface area (Å²) in [5.41, 5.74) is 0.911. The molecule has 65 heavy (non-hydrogen) atoms. The maximum atomic E-state index is 13.7. The van der Waals surface area contributed by atoms with Crippen molar-refractivity contribution in [3.05, 3.63) is 11.8 Å². The lowest BCUT2D eigenvalue weighted by Gasteiger charge is -2.50. The highest BCUT2D eigenvalue weighted by Crippen LogP contribution is 2.35. The van der Waals surface area contributed by atoms with Crippen LogP contribution in [0.1, 0.15) is 109 Å². The number of ether oxygens (including phenoxy) is 7. The lowest BCUT2D eigenvalue weighted by Crippen LogP contribution is -2.71. The number of aliphatic hydroxyl groups excluding tert-OH is 3. The van der Waals surface area contributed by atoms with Crippen molar-refractivity contribution in [3.63, 3.8) is 0 Å². The van der Waals surface area contributed by atoms with Crippen LogP contribution in [-0.2, 0) is 42.7 Å². The molecule has 3 rings (SSSR count). The summed E-state index contributed by atoms with van der Waals surface area (Å²) in [4.78, 5) is 66.9. The van der Waals surface area contributed by atoms with Gasteiger partial charge in [-0.25, -0.2) is 14.4 Å². The highest BCUT2D eigenvalue weighted by molar-refractivity contribution is 5.82. The van der Waals surface area contributed by atoms with Gasteiger partial charge in [0.2, 0.25) is 12.2 Å². The first-order valence-electron chi connectivity index (χ1n) is 21.9. The summed E-state index contributed by atoms with van der Waals surface area (Å²) < 4.78 is 41.0. The van der Waals surface area contributed by atoms with Crippen LogP contribution in [0.3, 0.4) is 0 Å². The Kier molecular flexibility index (Phi) is 18.5. The van der Waals surface area contributed by atoms with Crippen LogP contribution in [0.15, 0.2) is 11.8 Å². The first-order chi connectivity index (χ1) is 29.6. The van der Waals surface area contributed by atoms with Gasteiger partial charge in [-0.3, -0.25) is 9.59 Å². The summed E-state index contributed by atoms with van der Waals surface area (Å²) in [6.07, 6.45) is -12.7. The molecular weight excluding hydrogens is 856 g/mol. The van der Waals surface area contributed by atoms with Crippen molar-refractivity contribution >= 4 is 30.1 Å². The number of carbonyl (C=O) groups is 5. The summed E-state index contributed by atoms with van der Waals surface area (Å²) in [6.45, 7) is 20.6. The van der Waals surface area contributed by atoms with Gasteiger partial charge in [0, 0.05) is 13.5 Å². The molecule has 374 valence electrons. The first kappa shape index (κ1) is 55.3. The second-order valence-corrected chi connectivity index (χ2v) is 21.3. The van der Waals surface area contributed by atoms with Gasteiger partial charge in [-0.2, -0.15) is 0 Å². The minimum Gasteiger partial charge on any atom is -0.466 e. The number of hydrogen-bond acceptors (Lipinski definition) is 17. The lowest BCUT2D eigenvalue weighted by molar-refractivity contribution is -0.311. The number of carbonyl (C=O) groups excluding carboxylic acids is 5. The Morgan fingerprint density at radius 3 is 1.89 bits per heavy atom. The Morgan fingerprint density at radius 2 is 1.35 bits per heavy atom. The van der Waals surface area contributed by atoms with Crippen molar-refractivity contribution in [2.45, 2.75) is 199 Å². The number of nitrogens with one attached hydrogen (secondary N) is 4. The number of hydrogen-bond donors (Lipinski definition) is 9. The Morgan fingerprint density at radius 1 is 0.815 bits per heavy atom. The number of amides is 5. The van der Waals surface area contributed by atoms with E-state index in [2.05, 4.69) is 21.3 Å². The van der Waals surface area contributed by atoms with E-state index in [1.807, 2.05) is 20.8 Å². The van der Waals surface area contributed by atoms with E-state index in [0.29, 0.717) is 5.76 Å². The summed E-state index contributed by atoms with van der Waals surface area (Å²) in [6, 6.07) is -4.81. The number of rotatable bonds is 13. The quantitative estimate of drug-likeness (QED) is 0.116. The zero-order valence-electron chi connectivity index (χ0n) is 40.4. The van der Waals surface area contributed by atoms with Crippen LogP contribution in [0.2, 0.25) is 0 Å². The van der Waals surface area contributed by atoms with Crippen LogP contribution >= 0.6 is 0 Å². The molecule has 0 aromatic rings. The molecule has 22 nitrogen and oxygen atoms in total. The molecular formula is C43H76N6O16. The predicted octanol–water partition coefficient (Wildman–Crippen LogP) is 0.999. The molecule has 0 aromatic heterocycles. The van der Waals surface area contributed by atoms with Crippen molar-refractivity contribution in [3.8, 4) is 0 Å². The molecule has 1 aliphatic carbocycles. The van der Waals surface area contributed by atoms with Crippen LogP contribution in [0.4, 0.5) is 14.4 Å². The van der Waals surface area contributed by atoms with Crippen molar-refractivity contribution in [1.29, 1.82) is 0 Å². The highest BCUT2D eigenvalue weighted by atomic mass is 16.7. The van der Waals surface area contributed by atoms with E-state index < -0.39 is 127 Å². The molecule has 10 N–H and O–H groups in total. The van der Waals surface area contributed by atoms with Gasteiger partial charge < -0.3 is 85.5 Å². The SMILES string of the molecule is CN(C(=O)OC(C)(C)C)[C@@H]1[C@@H](O)[C@@H](O[C@@H]2[C@@H](O)[C@H](O[C@H]3OC(CN)=CC[C@H]3NC(=O)CC(C)(C)C)[C@@H](NC(=O)OC(C)(C)C)C[C@H]2NC(=O)[C@@H](O)CNC(=O)OC(C)(C)C)OC[C@]1(C)O. The van der Waals surface area contributed by atoms with Crippen LogP contribution in [0.25, 0.3) is 0 Å².